The molecule has 2 rings (SSSR count). The normalized spacial score (nSPS) is 12.8. The summed E-state index contributed by atoms with van der Waals surface area (Å²) in [6.07, 6.45) is -5.04. The van der Waals surface area contributed by atoms with Crippen LogP contribution in [0.15, 0.2) is 42.5 Å². The molecule has 0 unspecified atom stereocenters. The standard InChI is InChI=1S/C19H15F6/c1-2-5-13-6-3-7-14(12-13)10-11-15-16(18(20,21)22)8-4-9-17(15)19(23,24)25/h2-4,6-12H,5H2,1H3/b11-10+. The summed E-state index contributed by atoms with van der Waals surface area (Å²) in [6.45, 7) is 1.86. The van der Waals surface area contributed by atoms with E-state index in [0.29, 0.717) is 24.1 Å². The Morgan fingerprint density at radius 1 is 0.800 bits per heavy atom. The summed E-state index contributed by atoms with van der Waals surface area (Å²) >= 11 is 0. The van der Waals surface area contributed by atoms with Gasteiger partial charge >= 0.3 is 12.4 Å². The van der Waals surface area contributed by atoms with Crippen LogP contribution in [0.5, 0.6) is 0 Å². The second-order valence-electron chi connectivity index (χ2n) is 5.45. The van der Waals surface area contributed by atoms with E-state index in [2.05, 4.69) is 0 Å². The van der Waals surface area contributed by atoms with Crippen LogP contribution < -0.4 is 0 Å². The van der Waals surface area contributed by atoms with Crippen molar-refractivity contribution < 1.29 is 26.3 Å². The molecule has 2 aromatic carbocycles. The fourth-order valence-corrected chi connectivity index (χ4v) is 2.48. The summed E-state index contributed by atoms with van der Waals surface area (Å²) in [6, 6.07) is 8.95. The van der Waals surface area contributed by atoms with Gasteiger partial charge in [0.05, 0.1) is 11.1 Å². The van der Waals surface area contributed by atoms with Crippen LogP contribution in [0.3, 0.4) is 0 Å². The van der Waals surface area contributed by atoms with E-state index in [-0.39, 0.29) is 0 Å². The number of halogens is 6. The fraction of sp³-hybridized carbons (Fsp3) is 0.211. The highest BCUT2D eigenvalue weighted by Gasteiger charge is 2.39. The quantitative estimate of drug-likeness (QED) is 0.424. The molecule has 0 heterocycles. The molecule has 0 nitrogen and oxygen atoms in total. The van der Waals surface area contributed by atoms with E-state index in [0.717, 1.165) is 17.7 Å². The van der Waals surface area contributed by atoms with Gasteiger partial charge < -0.3 is 0 Å². The average Bonchev–Trinajstić information content (AvgIpc) is 2.51. The van der Waals surface area contributed by atoms with Crippen LogP contribution in [-0.4, -0.2) is 0 Å². The largest absolute Gasteiger partial charge is 0.417 e. The minimum Gasteiger partial charge on any atom is -0.166 e. The summed E-state index contributed by atoms with van der Waals surface area (Å²) in [7, 11) is 0. The molecule has 0 saturated heterocycles. The first-order valence-corrected chi connectivity index (χ1v) is 7.45. The minimum absolute atomic E-state index is 0.532. The van der Waals surface area contributed by atoms with Crippen molar-refractivity contribution in [3.05, 3.63) is 76.7 Å². The van der Waals surface area contributed by atoms with Gasteiger partial charge in [-0.1, -0.05) is 49.4 Å². The Labute approximate surface area is 141 Å². The monoisotopic (exact) mass is 357 g/mol. The summed E-state index contributed by atoms with van der Waals surface area (Å²) in [5.41, 5.74) is -2.04. The van der Waals surface area contributed by atoms with E-state index < -0.39 is 29.0 Å². The molecule has 1 radical (unpaired) electrons. The first kappa shape index (κ1) is 19.1. The van der Waals surface area contributed by atoms with Crippen LogP contribution in [0, 0.1) is 6.42 Å². The van der Waals surface area contributed by atoms with E-state index in [1.165, 1.54) is 6.08 Å². The van der Waals surface area contributed by atoms with Crippen molar-refractivity contribution in [2.75, 3.05) is 0 Å². The lowest BCUT2D eigenvalue weighted by Gasteiger charge is -2.16. The SMILES string of the molecule is C[CH]Cc1cccc(/C=C/c2c(C(F)(F)F)cccc2C(F)(F)F)c1. The molecule has 6 heteroatoms. The van der Waals surface area contributed by atoms with E-state index >= 15 is 0 Å². The third-order valence-electron chi connectivity index (χ3n) is 3.55. The van der Waals surface area contributed by atoms with Gasteiger partial charge in [0.15, 0.2) is 0 Å². The highest BCUT2D eigenvalue weighted by Crippen LogP contribution is 2.40. The first-order valence-electron chi connectivity index (χ1n) is 7.45. The third kappa shape index (κ3) is 4.87. The van der Waals surface area contributed by atoms with Crippen molar-refractivity contribution in [1.82, 2.24) is 0 Å². The van der Waals surface area contributed by atoms with Gasteiger partial charge in [-0.15, -0.1) is 0 Å². The summed E-state index contributed by atoms with van der Waals surface area (Å²) in [5, 5.41) is 0. The maximum atomic E-state index is 13.1. The van der Waals surface area contributed by atoms with E-state index in [4.69, 9.17) is 0 Å². The highest BCUT2D eigenvalue weighted by atomic mass is 19.4. The average molecular weight is 357 g/mol. The molecule has 0 aliphatic heterocycles. The maximum absolute atomic E-state index is 13.1. The number of benzene rings is 2. The van der Waals surface area contributed by atoms with Gasteiger partial charge in [-0.2, -0.15) is 26.3 Å². The van der Waals surface area contributed by atoms with Gasteiger partial charge in [0.25, 0.3) is 0 Å². The molecule has 0 aromatic heterocycles. The maximum Gasteiger partial charge on any atom is 0.417 e. The van der Waals surface area contributed by atoms with Gasteiger partial charge in [0, 0.05) is 0 Å². The summed E-state index contributed by atoms with van der Waals surface area (Å²) in [5.74, 6) is 0. The van der Waals surface area contributed by atoms with Gasteiger partial charge in [-0.25, -0.2) is 0 Å². The molecule has 0 fully saturated rings. The van der Waals surface area contributed by atoms with Crippen LogP contribution in [0.25, 0.3) is 12.2 Å². The number of hydrogen-bond donors (Lipinski definition) is 0. The topological polar surface area (TPSA) is 0 Å². The molecule has 0 bridgehead atoms. The Kier molecular flexibility index (Phi) is 5.60. The predicted molar refractivity (Wildman–Crippen MR) is 85.5 cm³/mol. The molecular weight excluding hydrogens is 342 g/mol. The lowest BCUT2D eigenvalue weighted by atomic mass is 9.98. The van der Waals surface area contributed by atoms with Crippen molar-refractivity contribution in [3.8, 4) is 0 Å². The van der Waals surface area contributed by atoms with Crippen LogP contribution in [0.4, 0.5) is 26.3 Å². The Balaban J connectivity index is 2.52. The van der Waals surface area contributed by atoms with Crippen molar-refractivity contribution in [2.45, 2.75) is 25.7 Å². The molecule has 25 heavy (non-hydrogen) atoms. The lowest BCUT2D eigenvalue weighted by Crippen LogP contribution is -2.14. The van der Waals surface area contributed by atoms with Crippen molar-refractivity contribution in [2.24, 2.45) is 0 Å². The van der Waals surface area contributed by atoms with Crippen molar-refractivity contribution in [1.29, 1.82) is 0 Å². The molecule has 2 aromatic rings. The van der Waals surface area contributed by atoms with Crippen LogP contribution >= 0.6 is 0 Å². The molecule has 0 saturated carbocycles. The van der Waals surface area contributed by atoms with Gasteiger partial charge in [0.2, 0.25) is 0 Å². The van der Waals surface area contributed by atoms with Gasteiger partial charge in [-0.3, -0.25) is 0 Å². The molecular formula is C19H15F6. The van der Waals surface area contributed by atoms with Crippen LogP contribution in [0.1, 0.15) is 34.7 Å². The fourth-order valence-electron chi connectivity index (χ4n) is 2.48. The zero-order valence-corrected chi connectivity index (χ0v) is 13.2. The summed E-state index contributed by atoms with van der Waals surface area (Å²) < 4.78 is 78.6. The zero-order valence-electron chi connectivity index (χ0n) is 13.2. The predicted octanol–water partition coefficient (Wildman–Crippen LogP) is 6.66. The Hall–Kier alpha value is -2.24. The Morgan fingerprint density at radius 3 is 1.88 bits per heavy atom. The van der Waals surface area contributed by atoms with Crippen LogP contribution in [-0.2, 0) is 18.8 Å². The first-order chi connectivity index (χ1) is 11.6. The second-order valence-corrected chi connectivity index (χ2v) is 5.45. The van der Waals surface area contributed by atoms with Crippen LogP contribution in [0.2, 0.25) is 0 Å². The van der Waals surface area contributed by atoms with E-state index in [1.807, 2.05) is 19.4 Å². The van der Waals surface area contributed by atoms with E-state index in [1.54, 1.807) is 18.2 Å². The lowest BCUT2D eigenvalue weighted by molar-refractivity contribution is -0.143. The molecule has 0 N–H and O–H groups in total. The smallest absolute Gasteiger partial charge is 0.166 e. The molecule has 0 aliphatic carbocycles. The molecule has 0 spiro atoms. The summed E-state index contributed by atoms with van der Waals surface area (Å²) in [4.78, 5) is 0. The highest BCUT2D eigenvalue weighted by molar-refractivity contribution is 5.73. The Bertz CT molecular complexity index is 721. The number of hydrogen-bond acceptors (Lipinski definition) is 0. The molecule has 0 aliphatic rings. The molecule has 0 atom stereocenters. The molecule has 0 amide bonds. The second kappa shape index (κ2) is 7.33. The van der Waals surface area contributed by atoms with E-state index in [9.17, 15) is 26.3 Å². The third-order valence-corrected chi connectivity index (χ3v) is 3.55. The van der Waals surface area contributed by atoms with Gasteiger partial charge in [0.1, 0.15) is 0 Å². The van der Waals surface area contributed by atoms with Crippen molar-refractivity contribution >= 4 is 12.2 Å². The minimum atomic E-state index is -4.88. The number of alkyl halides is 6. The Morgan fingerprint density at radius 2 is 1.36 bits per heavy atom. The zero-order chi connectivity index (χ0) is 18.7. The van der Waals surface area contributed by atoms with Crippen molar-refractivity contribution in [3.63, 3.8) is 0 Å². The van der Waals surface area contributed by atoms with Gasteiger partial charge in [-0.05, 0) is 41.7 Å². The molecule has 133 valence electrons. The number of rotatable bonds is 4.